The van der Waals surface area contributed by atoms with Crippen LogP contribution in [0.3, 0.4) is 0 Å². The highest BCUT2D eigenvalue weighted by molar-refractivity contribution is 6.09. The number of rotatable bonds is 4. The van der Waals surface area contributed by atoms with Gasteiger partial charge in [0.05, 0.1) is 0 Å². The summed E-state index contributed by atoms with van der Waals surface area (Å²) in [6, 6.07) is 8.54. The van der Waals surface area contributed by atoms with Gasteiger partial charge in [-0.1, -0.05) is 12.1 Å². The van der Waals surface area contributed by atoms with Crippen LogP contribution in [0, 0.1) is 5.92 Å². The zero-order chi connectivity index (χ0) is 16.2. The van der Waals surface area contributed by atoms with Crippen molar-refractivity contribution < 1.29 is 14.7 Å². The number of H-pyrrole nitrogens is 1. The van der Waals surface area contributed by atoms with Crippen LogP contribution in [0.2, 0.25) is 0 Å². The lowest BCUT2D eigenvalue weighted by molar-refractivity contribution is 0.0650. The summed E-state index contributed by atoms with van der Waals surface area (Å²) in [4.78, 5) is 29.4. The minimum Gasteiger partial charge on any atom is -0.396 e. The molecule has 1 fully saturated rings. The van der Waals surface area contributed by atoms with Crippen LogP contribution in [0.15, 0.2) is 42.7 Å². The lowest BCUT2D eigenvalue weighted by Gasteiger charge is -2.31. The Balaban J connectivity index is 1.67. The Bertz CT molecular complexity index is 669. The first-order valence-corrected chi connectivity index (χ1v) is 7.86. The van der Waals surface area contributed by atoms with Gasteiger partial charge >= 0.3 is 0 Å². The third-order valence-corrected chi connectivity index (χ3v) is 4.41. The molecule has 0 atom stereocenters. The third-order valence-electron chi connectivity index (χ3n) is 4.41. The molecule has 0 saturated carbocycles. The summed E-state index contributed by atoms with van der Waals surface area (Å²) in [6.07, 6.45) is 5.05. The predicted octanol–water partition coefficient (Wildman–Crippen LogP) is 2.09. The zero-order valence-corrected chi connectivity index (χ0v) is 12.9. The monoisotopic (exact) mass is 312 g/mol. The number of benzene rings is 1. The lowest BCUT2D eigenvalue weighted by atomic mass is 9.97. The van der Waals surface area contributed by atoms with E-state index in [4.69, 9.17) is 5.11 Å². The molecule has 2 N–H and O–H groups in total. The van der Waals surface area contributed by atoms with Gasteiger partial charge in [-0.25, -0.2) is 0 Å². The van der Waals surface area contributed by atoms with Crippen molar-refractivity contribution in [2.24, 2.45) is 5.92 Å². The summed E-state index contributed by atoms with van der Waals surface area (Å²) in [5.74, 6) is 0.233. The van der Waals surface area contributed by atoms with Gasteiger partial charge in [-0.3, -0.25) is 9.59 Å². The molecule has 2 aromatic rings. The van der Waals surface area contributed by atoms with E-state index in [-0.39, 0.29) is 18.3 Å². The second-order valence-electron chi connectivity index (χ2n) is 5.92. The fraction of sp³-hybridized carbons (Fsp3) is 0.333. The molecule has 0 spiro atoms. The molecular weight excluding hydrogens is 292 g/mol. The Morgan fingerprint density at radius 3 is 2.26 bits per heavy atom. The van der Waals surface area contributed by atoms with Gasteiger partial charge in [-0.2, -0.15) is 0 Å². The largest absolute Gasteiger partial charge is 0.396 e. The molecule has 1 amide bonds. The van der Waals surface area contributed by atoms with Gasteiger partial charge in [0.15, 0.2) is 5.78 Å². The fourth-order valence-electron chi connectivity index (χ4n) is 2.90. The quantitative estimate of drug-likeness (QED) is 0.849. The number of aromatic nitrogens is 1. The first-order chi connectivity index (χ1) is 11.2. The summed E-state index contributed by atoms with van der Waals surface area (Å²) in [5, 5.41) is 9.16. The molecule has 1 aromatic carbocycles. The van der Waals surface area contributed by atoms with E-state index in [1.54, 1.807) is 42.7 Å². The van der Waals surface area contributed by atoms with Crippen molar-refractivity contribution in [1.29, 1.82) is 0 Å². The van der Waals surface area contributed by atoms with Gasteiger partial charge < -0.3 is 15.0 Å². The SMILES string of the molecule is O=C(c1ccc(C(=O)N2CCC(CO)CC2)cc1)c1cc[nH]c1. The number of carbonyl (C=O) groups excluding carboxylic acids is 2. The minimum absolute atomic E-state index is 0.0120. The van der Waals surface area contributed by atoms with Gasteiger partial charge in [0.2, 0.25) is 0 Å². The van der Waals surface area contributed by atoms with Crippen LogP contribution in [0.1, 0.15) is 39.1 Å². The van der Waals surface area contributed by atoms with Crippen LogP contribution in [0.25, 0.3) is 0 Å². The van der Waals surface area contributed by atoms with E-state index in [1.165, 1.54) is 0 Å². The molecule has 2 heterocycles. The number of aromatic amines is 1. The summed E-state index contributed by atoms with van der Waals surface area (Å²) >= 11 is 0. The van der Waals surface area contributed by atoms with Gasteiger partial charge in [0.1, 0.15) is 0 Å². The number of hydrogen-bond acceptors (Lipinski definition) is 3. The Labute approximate surface area is 134 Å². The van der Waals surface area contributed by atoms with Gasteiger partial charge in [-0.05, 0) is 37.0 Å². The molecule has 0 aliphatic carbocycles. The van der Waals surface area contributed by atoms with Crippen molar-refractivity contribution in [2.75, 3.05) is 19.7 Å². The Morgan fingerprint density at radius 2 is 1.70 bits per heavy atom. The van der Waals surface area contributed by atoms with Crippen molar-refractivity contribution >= 4 is 11.7 Å². The number of nitrogens with zero attached hydrogens (tertiary/aromatic N) is 1. The van der Waals surface area contributed by atoms with Gasteiger partial charge in [0.25, 0.3) is 5.91 Å². The molecule has 0 unspecified atom stereocenters. The van der Waals surface area contributed by atoms with Crippen molar-refractivity contribution in [1.82, 2.24) is 9.88 Å². The van der Waals surface area contributed by atoms with Gasteiger partial charge in [-0.15, -0.1) is 0 Å². The molecule has 1 aliphatic rings. The molecule has 0 radical (unpaired) electrons. The van der Waals surface area contributed by atoms with E-state index in [0.717, 1.165) is 12.8 Å². The van der Waals surface area contributed by atoms with Crippen LogP contribution >= 0.6 is 0 Å². The molecule has 23 heavy (non-hydrogen) atoms. The van der Waals surface area contributed by atoms with Crippen LogP contribution in [-0.2, 0) is 0 Å². The number of amides is 1. The van der Waals surface area contributed by atoms with Crippen LogP contribution in [0.4, 0.5) is 0 Å². The number of aliphatic hydroxyl groups excluding tert-OH is 1. The molecular formula is C18H20N2O3. The molecule has 5 heteroatoms. The molecule has 1 aliphatic heterocycles. The molecule has 5 nitrogen and oxygen atoms in total. The fourth-order valence-corrected chi connectivity index (χ4v) is 2.90. The van der Waals surface area contributed by atoms with Crippen LogP contribution < -0.4 is 0 Å². The lowest BCUT2D eigenvalue weighted by Crippen LogP contribution is -2.39. The number of piperidine rings is 1. The Kier molecular flexibility index (Phi) is 4.57. The highest BCUT2D eigenvalue weighted by atomic mass is 16.3. The first kappa shape index (κ1) is 15.5. The normalized spacial score (nSPS) is 15.6. The van der Waals surface area contributed by atoms with E-state index in [0.29, 0.717) is 35.7 Å². The number of carbonyl (C=O) groups is 2. The average molecular weight is 312 g/mol. The average Bonchev–Trinajstić information content (AvgIpc) is 3.15. The van der Waals surface area contributed by atoms with Crippen LogP contribution in [0.5, 0.6) is 0 Å². The highest BCUT2D eigenvalue weighted by Crippen LogP contribution is 2.19. The zero-order valence-electron chi connectivity index (χ0n) is 12.9. The van der Waals surface area contributed by atoms with Crippen molar-refractivity contribution in [3.8, 4) is 0 Å². The standard InChI is InChI=1S/C18H20N2O3/c21-12-13-6-9-20(10-7-13)18(23)15-3-1-14(2-4-15)17(22)16-5-8-19-11-16/h1-5,8,11,13,19,21H,6-7,9-10,12H2. The highest BCUT2D eigenvalue weighted by Gasteiger charge is 2.23. The molecule has 1 saturated heterocycles. The summed E-state index contributed by atoms with van der Waals surface area (Å²) in [5.41, 5.74) is 1.77. The Morgan fingerprint density at radius 1 is 1.04 bits per heavy atom. The van der Waals surface area contributed by atoms with E-state index in [9.17, 15) is 9.59 Å². The maximum Gasteiger partial charge on any atom is 0.253 e. The van der Waals surface area contributed by atoms with E-state index in [2.05, 4.69) is 4.98 Å². The molecule has 3 rings (SSSR count). The maximum atomic E-state index is 12.5. The van der Waals surface area contributed by atoms with E-state index in [1.807, 2.05) is 4.90 Å². The Hall–Kier alpha value is -2.40. The van der Waals surface area contributed by atoms with Gasteiger partial charge in [0, 0.05) is 48.8 Å². The van der Waals surface area contributed by atoms with E-state index >= 15 is 0 Å². The summed E-state index contributed by atoms with van der Waals surface area (Å²) in [6.45, 7) is 1.54. The third kappa shape index (κ3) is 3.35. The summed E-state index contributed by atoms with van der Waals surface area (Å²) in [7, 11) is 0. The second-order valence-corrected chi connectivity index (χ2v) is 5.92. The van der Waals surface area contributed by atoms with E-state index < -0.39 is 0 Å². The predicted molar refractivity (Wildman–Crippen MR) is 86.4 cm³/mol. The number of aliphatic hydroxyl groups is 1. The number of nitrogens with one attached hydrogen (secondary N) is 1. The topological polar surface area (TPSA) is 73.4 Å². The summed E-state index contributed by atoms with van der Waals surface area (Å²) < 4.78 is 0. The first-order valence-electron chi connectivity index (χ1n) is 7.86. The maximum absolute atomic E-state index is 12.5. The minimum atomic E-state index is -0.0611. The van der Waals surface area contributed by atoms with Crippen molar-refractivity contribution in [3.63, 3.8) is 0 Å². The second kappa shape index (κ2) is 6.79. The van der Waals surface area contributed by atoms with Crippen molar-refractivity contribution in [2.45, 2.75) is 12.8 Å². The number of hydrogen-bond donors (Lipinski definition) is 2. The number of ketones is 1. The smallest absolute Gasteiger partial charge is 0.253 e. The van der Waals surface area contributed by atoms with Crippen molar-refractivity contribution in [3.05, 3.63) is 59.4 Å². The molecule has 1 aromatic heterocycles. The van der Waals surface area contributed by atoms with Crippen LogP contribution in [-0.4, -0.2) is 46.4 Å². The number of likely N-dealkylation sites (tertiary alicyclic amines) is 1. The molecule has 0 bridgehead atoms. The molecule has 120 valence electrons.